The van der Waals surface area contributed by atoms with Gasteiger partial charge in [-0.25, -0.2) is 19.7 Å². The lowest BCUT2D eigenvalue weighted by molar-refractivity contribution is -0.138. The molecule has 0 saturated carbocycles. The van der Waals surface area contributed by atoms with Crippen molar-refractivity contribution in [3.63, 3.8) is 0 Å². The van der Waals surface area contributed by atoms with Gasteiger partial charge in [0.1, 0.15) is 5.69 Å². The highest BCUT2D eigenvalue weighted by molar-refractivity contribution is 6.05. The SMILES string of the molecule is CCN1CCN(C(=O)c2cc(NC(=O)Cc3cccc(C#Cc4cnc(N)nc4-c4cc5c(n4C)CCN(C(=O)O)C5=O)c3)ccc2C(F)(F)F)CC1. The number of carbonyl (C=O) groups excluding carboxylic acids is 3. The highest BCUT2D eigenvalue weighted by Gasteiger charge is 2.37. The molecule has 1 saturated heterocycles. The van der Waals surface area contributed by atoms with E-state index >= 15 is 0 Å². The molecule has 1 fully saturated rings. The van der Waals surface area contributed by atoms with Gasteiger partial charge in [-0.1, -0.05) is 30.9 Å². The first-order chi connectivity index (χ1) is 25.2. The first-order valence-electron chi connectivity index (χ1n) is 16.7. The van der Waals surface area contributed by atoms with Crippen LogP contribution in [0.3, 0.4) is 0 Å². The Bertz CT molecular complexity index is 2180. The highest BCUT2D eigenvalue weighted by Crippen LogP contribution is 2.34. The van der Waals surface area contributed by atoms with Crippen LogP contribution in [0.15, 0.2) is 54.7 Å². The van der Waals surface area contributed by atoms with Gasteiger partial charge in [-0.3, -0.25) is 14.4 Å². The fourth-order valence-electron chi connectivity index (χ4n) is 6.46. The van der Waals surface area contributed by atoms with E-state index in [1.807, 2.05) is 6.92 Å². The van der Waals surface area contributed by atoms with Crippen molar-refractivity contribution in [2.24, 2.45) is 7.05 Å². The second-order valence-corrected chi connectivity index (χ2v) is 12.6. The molecule has 0 unspecified atom stereocenters. The Morgan fingerprint density at radius 3 is 2.47 bits per heavy atom. The summed E-state index contributed by atoms with van der Waals surface area (Å²) in [5.74, 6) is 4.13. The maximum absolute atomic E-state index is 13.9. The van der Waals surface area contributed by atoms with Crippen LogP contribution in [0.5, 0.6) is 0 Å². The number of alkyl halides is 3. The average Bonchev–Trinajstić information content (AvgIpc) is 3.47. The molecule has 4 amide bonds. The van der Waals surface area contributed by atoms with Gasteiger partial charge >= 0.3 is 12.3 Å². The molecule has 4 aromatic rings. The number of nitrogens with two attached hydrogens (primary N) is 1. The molecule has 16 heteroatoms. The minimum Gasteiger partial charge on any atom is -0.465 e. The Morgan fingerprint density at radius 1 is 1.02 bits per heavy atom. The third-order valence-corrected chi connectivity index (χ3v) is 9.27. The van der Waals surface area contributed by atoms with Gasteiger partial charge in [0.05, 0.1) is 34.4 Å². The van der Waals surface area contributed by atoms with Crippen molar-refractivity contribution in [2.45, 2.75) is 25.9 Å². The van der Waals surface area contributed by atoms with Gasteiger partial charge < -0.3 is 30.5 Å². The van der Waals surface area contributed by atoms with Gasteiger partial charge in [0, 0.05) is 69.3 Å². The fourth-order valence-corrected chi connectivity index (χ4v) is 6.46. The first-order valence-corrected chi connectivity index (χ1v) is 16.7. The number of rotatable bonds is 6. The van der Waals surface area contributed by atoms with Gasteiger partial charge in [0.25, 0.3) is 11.8 Å². The van der Waals surface area contributed by atoms with E-state index in [0.29, 0.717) is 66.4 Å². The second kappa shape index (κ2) is 14.8. The normalized spacial score (nSPS) is 14.7. The standard InChI is InChI=1S/C37H35F3N8O5/c1-3-46-13-15-47(16-14-46)33(50)26-19-25(9-10-28(26)37(38,39)40)43-31(49)18-23-6-4-5-22(17-23)7-8-24-21-42-35(41)44-32(24)30-20-27-29(45(30)2)11-12-48(34(27)51)36(52)53/h4-6,9-10,17,19-21H,3,11-16,18H2,1-2H3,(H,43,49)(H,52,53)(H2,41,42,44). The van der Waals surface area contributed by atoms with Crippen molar-refractivity contribution >= 4 is 35.5 Å². The molecular weight excluding hydrogens is 693 g/mol. The van der Waals surface area contributed by atoms with E-state index in [2.05, 4.69) is 32.0 Å². The number of anilines is 2. The highest BCUT2D eigenvalue weighted by atomic mass is 19.4. The lowest BCUT2D eigenvalue weighted by Gasteiger charge is -2.34. The van der Waals surface area contributed by atoms with Gasteiger partial charge in [-0.15, -0.1) is 0 Å². The predicted molar refractivity (Wildman–Crippen MR) is 188 cm³/mol. The predicted octanol–water partition coefficient (Wildman–Crippen LogP) is 4.12. The molecule has 2 aromatic heterocycles. The largest absolute Gasteiger partial charge is 0.465 e. The van der Waals surface area contributed by atoms with Gasteiger partial charge in [0.15, 0.2) is 0 Å². The number of benzene rings is 2. The molecule has 0 radical (unpaired) electrons. The summed E-state index contributed by atoms with van der Waals surface area (Å²) in [6.07, 6.45) is -4.47. The second-order valence-electron chi connectivity index (χ2n) is 12.6. The molecule has 4 N–H and O–H groups in total. The summed E-state index contributed by atoms with van der Waals surface area (Å²) in [4.78, 5) is 63.4. The van der Waals surface area contributed by atoms with Crippen LogP contribution in [0.2, 0.25) is 0 Å². The van der Waals surface area contributed by atoms with Crippen LogP contribution in [0.4, 0.5) is 29.6 Å². The number of aromatic nitrogens is 3. The van der Waals surface area contributed by atoms with Crippen molar-refractivity contribution < 1.29 is 37.5 Å². The Morgan fingerprint density at radius 2 is 1.77 bits per heavy atom. The molecule has 53 heavy (non-hydrogen) atoms. The van der Waals surface area contributed by atoms with Crippen molar-refractivity contribution in [3.8, 4) is 23.2 Å². The summed E-state index contributed by atoms with van der Waals surface area (Å²) in [6.45, 7) is 4.50. The van der Waals surface area contributed by atoms with E-state index in [9.17, 15) is 37.5 Å². The summed E-state index contributed by atoms with van der Waals surface area (Å²) < 4.78 is 43.5. The quantitative estimate of drug-likeness (QED) is 0.248. The number of piperazine rings is 1. The molecule has 274 valence electrons. The molecule has 6 rings (SSSR count). The molecule has 2 aliphatic rings. The summed E-state index contributed by atoms with van der Waals surface area (Å²) >= 11 is 0. The number of nitrogen functional groups attached to an aromatic ring is 1. The summed E-state index contributed by atoms with van der Waals surface area (Å²) in [7, 11) is 1.74. The fraction of sp³-hybridized carbons (Fsp3) is 0.297. The Kier molecular flexibility index (Phi) is 10.2. The van der Waals surface area contributed by atoms with Crippen LogP contribution < -0.4 is 11.1 Å². The number of nitrogens with one attached hydrogen (secondary N) is 1. The lowest BCUT2D eigenvalue weighted by Crippen LogP contribution is -2.48. The number of imide groups is 1. The zero-order valence-electron chi connectivity index (χ0n) is 28.8. The maximum atomic E-state index is 13.9. The summed E-state index contributed by atoms with van der Waals surface area (Å²) in [6, 6.07) is 11.4. The molecule has 0 aliphatic carbocycles. The van der Waals surface area contributed by atoms with E-state index in [1.165, 1.54) is 11.1 Å². The summed E-state index contributed by atoms with van der Waals surface area (Å²) in [5.41, 5.74) is 7.57. The van der Waals surface area contributed by atoms with Crippen molar-refractivity contribution in [1.29, 1.82) is 0 Å². The van der Waals surface area contributed by atoms with E-state index in [-0.39, 0.29) is 30.2 Å². The van der Waals surface area contributed by atoms with E-state index in [0.717, 1.165) is 29.6 Å². The molecule has 2 aliphatic heterocycles. The number of amides is 4. The van der Waals surface area contributed by atoms with Gasteiger partial charge in [0.2, 0.25) is 11.9 Å². The molecule has 13 nitrogen and oxygen atoms in total. The average molecular weight is 729 g/mol. The van der Waals surface area contributed by atoms with Gasteiger partial charge in [-0.2, -0.15) is 13.2 Å². The number of carbonyl (C=O) groups is 4. The number of nitrogens with zero attached hydrogens (tertiary/aromatic N) is 6. The third-order valence-electron chi connectivity index (χ3n) is 9.27. The van der Waals surface area contributed by atoms with Crippen molar-refractivity contribution in [1.82, 2.24) is 29.2 Å². The van der Waals surface area contributed by atoms with Crippen LogP contribution in [-0.2, 0) is 30.9 Å². The molecule has 2 aromatic carbocycles. The van der Waals surface area contributed by atoms with Gasteiger partial charge in [-0.05, 0) is 48.5 Å². The Hall–Kier alpha value is -6.21. The van der Waals surface area contributed by atoms with E-state index < -0.39 is 41.1 Å². The van der Waals surface area contributed by atoms with Crippen LogP contribution in [-0.4, -0.2) is 97.4 Å². The maximum Gasteiger partial charge on any atom is 0.417 e. The number of carboxylic acid groups (broad SMARTS) is 1. The van der Waals surface area contributed by atoms with Crippen LogP contribution in [0.1, 0.15) is 55.6 Å². The minimum absolute atomic E-state index is 0.0213. The van der Waals surface area contributed by atoms with Crippen LogP contribution in [0, 0.1) is 11.8 Å². The topological polar surface area (TPSA) is 167 Å². The Balaban J connectivity index is 1.19. The zero-order chi connectivity index (χ0) is 38.0. The van der Waals surface area contributed by atoms with E-state index in [4.69, 9.17) is 5.73 Å². The number of likely N-dealkylation sites (N-methyl/N-ethyl adjacent to an activating group) is 1. The van der Waals surface area contributed by atoms with Crippen molar-refractivity contribution in [2.75, 3.05) is 50.3 Å². The molecule has 0 spiro atoms. The first kappa shape index (κ1) is 36.6. The van der Waals surface area contributed by atoms with Crippen molar-refractivity contribution in [3.05, 3.63) is 93.8 Å². The molecular formula is C37H35F3N8O5. The number of hydrogen-bond acceptors (Lipinski definition) is 8. The number of hydrogen-bond donors (Lipinski definition) is 3. The number of halogens is 3. The molecule has 0 bridgehead atoms. The third kappa shape index (κ3) is 7.85. The minimum atomic E-state index is -4.76. The van der Waals surface area contributed by atoms with Crippen LogP contribution in [0.25, 0.3) is 11.4 Å². The monoisotopic (exact) mass is 728 g/mol. The molecule has 4 heterocycles. The van der Waals surface area contributed by atoms with Crippen LogP contribution >= 0.6 is 0 Å². The smallest absolute Gasteiger partial charge is 0.417 e. The lowest BCUT2D eigenvalue weighted by atomic mass is 10.0. The summed E-state index contributed by atoms with van der Waals surface area (Å²) in [5, 5.41) is 12.0. The zero-order valence-corrected chi connectivity index (χ0v) is 28.8. The number of fused-ring (bicyclic) bond motifs is 1. The van der Waals surface area contributed by atoms with E-state index in [1.54, 1.807) is 41.9 Å². The Labute approximate surface area is 302 Å². The molecule has 0 atom stereocenters.